The van der Waals surface area contributed by atoms with Crippen molar-refractivity contribution in [2.45, 2.75) is 71.6 Å². The lowest BCUT2D eigenvalue weighted by atomic mass is 9.49. The Balaban J connectivity index is 0.707. The topological polar surface area (TPSA) is 253 Å². The number of benzene rings is 3. The Morgan fingerprint density at radius 1 is 0.817 bits per heavy atom. The van der Waals surface area contributed by atoms with Crippen LogP contribution >= 0.6 is 11.6 Å². The summed E-state index contributed by atoms with van der Waals surface area (Å²) < 4.78 is 41.0. The first-order chi connectivity index (χ1) is 34.2. The van der Waals surface area contributed by atoms with Gasteiger partial charge in [0.1, 0.15) is 41.8 Å². The van der Waals surface area contributed by atoms with Crippen LogP contribution in [0.2, 0.25) is 5.02 Å². The summed E-state index contributed by atoms with van der Waals surface area (Å²) in [7, 11) is 0. The molecule has 6 rings (SSSR count). The van der Waals surface area contributed by atoms with Crippen molar-refractivity contribution in [3.63, 3.8) is 0 Å². The van der Waals surface area contributed by atoms with Crippen molar-refractivity contribution in [1.82, 2.24) is 30.9 Å². The van der Waals surface area contributed by atoms with Crippen molar-refractivity contribution in [2.24, 2.45) is 10.8 Å². The van der Waals surface area contributed by atoms with Crippen molar-refractivity contribution in [3.8, 4) is 17.6 Å². The number of imide groups is 1. The molecule has 2 heterocycles. The Hall–Kier alpha value is -6.21. The fourth-order valence-electron chi connectivity index (χ4n) is 8.87. The smallest absolute Gasteiger partial charge is 0.280 e. The lowest BCUT2D eigenvalue weighted by Crippen LogP contribution is -2.74. The molecule has 382 valence electrons. The van der Waals surface area contributed by atoms with Crippen molar-refractivity contribution >= 4 is 51.8 Å². The molecule has 3 aromatic carbocycles. The van der Waals surface area contributed by atoms with E-state index < -0.39 is 23.4 Å². The molecule has 1 aliphatic carbocycles. The number of carbonyl (C=O) groups excluding carboxylic acids is 4. The zero-order chi connectivity index (χ0) is 50.8. The molecule has 4 amide bonds. The molecule has 4 N–H and O–H groups in total. The van der Waals surface area contributed by atoms with E-state index in [-0.39, 0.29) is 59.6 Å². The summed E-state index contributed by atoms with van der Waals surface area (Å²) in [5.74, 6) is -0.248. The van der Waals surface area contributed by atoms with E-state index in [9.17, 15) is 29.2 Å². The van der Waals surface area contributed by atoms with Crippen LogP contribution < -0.4 is 36.3 Å². The number of hydrogen-bond acceptors (Lipinski definition) is 16. The Morgan fingerprint density at radius 3 is 2.06 bits per heavy atom. The minimum atomic E-state index is -0.949. The van der Waals surface area contributed by atoms with E-state index in [4.69, 9.17) is 44.8 Å². The SMILES string of the molecule is CC1(C)C(NC(=O)c2ccc(OCCOCCOCCOCCOCCOCCCCNC(=O)CNc3cccc4nnn(C5CCC(=O)NC5=O)c(=O)c34)cc2)C(C)(C)C1Oc1ccc(C#N)c(Cl)c1. The number of amides is 4. The second-order valence-electron chi connectivity index (χ2n) is 18.2. The summed E-state index contributed by atoms with van der Waals surface area (Å²) in [5.41, 5.74) is 0.303. The summed E-state index contributed by atoms with van der Waals surface area (Å²) in [6.45, 7) is 13.3. The van der Waals surface area contributed by atoms with Gasteiger partial charge < -0.3 is 49.1 Å². The molecule has 4 aromatic rings. The molecule has 20 nitrogen and oxygen atoms in total. The summed E-state index contributed by atoms with van der Waals surface area (Å²) >= 11 is 6.22. The zero-order valence-electron chi connectivity index (χ0n) is 40.6. The van der Waals surface area contributed by atoms with Gasteiger partial charge in [-0.3, -0.25) is 29.3 Å². The fraction of sp³-hybridized carbons (Fsp3) is 0.520. The van der Waals surface area contributed by atoms with Gasteiger partial charge in [-0.25, -0.2) is 0 Å². The number of hydrogen-bond donors (Lipinski definition) is 4. The summed E-state index contributed by atoms with van der Waals surface area (Å²) in [5, 5.41) is 29.0. The minimum Gasteiger partial charge on any atom is -0.491 e. The molecule has 1 aliphatic heterocycles. The average Bonchev–Trinajstić information content (AvgIpc) is 3.35. The van der Waals surface area contributed by atoms with Gasteiger partial charge in [-0.2, -0.15) is 9.94 Å². The van der Waals surface area contributed by atoms with Gasteiger partial charge in [0.05, 0.1) is 82.0 Å². The molecule has 0 spiro atoms. The van der Waals surface area contributed by atoms with E-state index >= 15 is 0 Å². The number of unbranched alkanes of at least 4 members (excludes halogenated alkanes) is 1. The first-order valence-corrected chi connectivity index (χ1v) is 24.1. The van der Waals surface area contributed by atoms with E-state index in [0.29, 0.717) is 124 Å². The van der Waals surface area contributed by atoms with Gasteiger partial charge in [-0.05, 0) is 67.8 Å². The van der Waals surface area contributed by atoms with Gasteiger partial charge in [0.2, 0.25) is 11.8 Å². The molecule has 1 atom stereocenters. The molecule has 0 radical (unpaired) electrons. The number of nitrogens with zero attached hydrogens (tertiary/aromatic N) is 4. The highest BCUT2D eigenvalue weighted by Crippen LogP contribution is 2.55. The maximum absolute atomic E-state index is 13.3. The number of rotatable bonds is 29. The number of fused-ring (bicyclic) bond motifs is 1. The minimum absolute atomic E-state index is 0.0821. The Labute approximate surface area is 417 Å². The van der Waals surface area contributed by atoms with Gasteiger partial charge in [-0.1, -0.05) is 50.6 Å². The summed E-state index contributed by atoms with van der Waals surface area (Å²) in [6.07, 6.45) is 1.48. The third kappa shape index (κ3) is 14.9. The first kappa shape index (κ1) is 54.1. The summed E-state index contributed by atoms with van der Waals surface area (Å²) in [4.78, 5) is 62.9. The molecule has 2 fully saturated rings. The third-order valence-electron chi connectivity index (χ3n) is 12.2. The van der Waals surface area contributed by atoms with Crippen LogP contribution in [0.3, 0.4) is 0 Å². The normalized spacial score (nSPS) is 17.9. The van der Waals surface area contributed by atoms with E-state index in [1.54, 1.807) is 60.7 Å². The lowest BCUT2D eigenvalue weighted by Gasteiger charge is -2.63. The largest absolute Gasteiger partial charge is 0.491 e. The van der Waals surface area contributed by atoms with Crippen molar-refractivity contribution in [1.29, 1.82) is 5.26 Å². The maximum Gasteiger partial charge on any atom is 0.280 e. The van der Waals surface area contributed by atoms with E-state index in [1.807, 2.05) is 0 Å². The summed E-state index contributed by atoms with van der Waals surface area (Å²) in [6, 6.07) is 17.9. The molecule has 1 saturated carbocycles. The monoisotopic (exact) mass is 1000 g/mol. The number of nitriles is 1. The van der Waals surface area contributed by atoms with Gasteiger partial charge in [-0.15, -0.1) is 5.10 Å². The number of carbonyl (C=O) groups is 4. The van der Waals surface area contributed by atoms with E-state index in [1.165, 1.54) is 0 Å². The highest BCUT2D eigenvalue weighted by atomic mass is 35.5. The predicted octanol–water partition coefficient (Wildman–Crippen LogP) is 4.38. The van der Waals surface area contributed by atoms with Crippen LogP contribution in [0.25, 0.3) is 10.9 Å². The molecule has 21 heteroatoms. The number of nitrogens with one attached hydrogen (secondary N) is 4. The highest BCUT2D eigenvalue weighted by Gasteiger charge is 2.64. The van der Waals surface area contributed by atoms with Gasteiger partial charge in [0.25, 0.3) is 17.4 Å². The quantitative estimate of drug-likeness (QED) is 0.0435. The number of piperidine rings is 1. The van der Waals surface area contributed by atoms with Crippen LogP contribution in [0.4, 0.5) is 5.69 Å². The van der Waals surface area contributed by atoms with Crippen molar-refractivity contribution < 1.29 is 52.3 Å². The van der Waals surface area contributed by atoms with Crippen LogP contribution in [0.1, 0.15) is 75.3 Å². The first-order valence-electron chi connectivity index (χ1n) is 23.7. The number of aromatic nitrogens is 3. The molecule has 1 saturated heterocycles. The lowest BCUT2D eigenvalue weighted by molar-refractivity contribution is -0.164. The van der Waals surface area contributed by atoms with Crippen LogP contribution in [-0.4, -0.2) is 137 Å². The molecular formula is C50H63ClN8O12. The fourth-order valence-corrected chi connectivity index (χ4v) is 9.09. The molecule has 1 aromatic heterocycles. The second kappa shape index (κ2) is 26.3. The Bertz CT molecular complexity index is 2530. The Kier molecular flexibility index (Phi) is 20.0. The number of ether oxygens (including phenoxy) is 7. The molecule has 1 unspecified atom stereocenters. The molecule has 71 heavy (non-hydrogen) atoms. The number of anilines is 1. The van der Waals surface area contributed by atoms with Gasteiger partial charge in [0, 0.05) is 53.8 Å². The van der Waals surface area contributed by atoms with Gasteiger partial charge >= 0.3 is 0 Å². The van der Waals surface area contributed by atoms with Crippen molar-refractivity contribution in [2.75, 3.05) is 91.1 Å². The molecule has 0 bridgehead atoms. The predicted molar refractivity (Wildman–Crippen MR) is 261 cm³/mol. The van der Waals surface area contributed by atoms with E-state index in [2.05, 4.69) is 65.3 Å². The van der Waals surface area contributed by atoms with Crippen molar-refractivity contribution in [3.05, 3.63) is 87.2 Å². The maximum atomic E-state index is 13.3. The van der Waals surface area contributed by atoms with Crippen LogP contribution in [0.15, 0.2) is 65.5 Å². The molecule has 2 aliphatic rings. The standard InChI is InChI=1S/C50H63ClN8O12/c1-49(2)47(50(3,4)48(49)71-36-15-12-34(31-52)37(51)30-36)56-44(62)33-10-13-35(14-11-33)70-29-28-69-27-26-68-25-24-67-23-22-66-21-20-65-19-6-5-18-53-42(61)32-54-38-8-7-9-39-43(38)46(64)59(58-57-39)40-16-17-41(60)55-45(40)63/h7-15,30,40,47-48,54H,5-6,16-29,32H2,1-4H3,(H,53,61)(H,56,62)(H,55,60,63). The average molecular weight is 1000 g/mol. The Morgan fingerprint density at radius 2 is 1.44 bits per heavy atom. The van der Waals surface area contributed by atoms with Crippen LogP contribution in [0.5, 0.6) is 11.5 Å². The molecular weight excluding hydrogens is 940 g/mol. The van der Waals surface area contributed by atoms with Crippen LogP contribution in [0, 0.1) is 22.2 Å². The second-order valence-corrected chi connectivity index (χ2v) is 18.6. The zero-order valence-corrected chi connectivity index (χ0v) is 41.3. The van der Waals surface area contributed by atoms with Gasteiger partial charge in [0.15, 0.2) is 0 Å². The van der Waals surface area contributed by atoms with E-state index in [0.717, 1.165) is 11.1 Å². The third-order valence-corrected chi connectivity index (χ3v) is 12.5. The van der Waals surface area contributed by atoms with Crippen LogP contribution in [-0.2, 0) is 38.1 Å². The number of halogens is 1. The highest BCUT2D eigenvalue weighted by molar-refractivity contribution is 6.31.